The molecule has 29 heavy (non-hydrogen) atoms. The van der Waals surface area contributed by atoms with Crippen molar-refractivity contribution in [2.75, 3.05) is 26.4 Å². The number of hydrogen-bond acceptors (Lipinski definition) is 5. The van der Waals surface area contributed by atoms with E-state index in [0.717, 1.165) is 22.3 Å². The van der Waals surface area contributed by atoms with E-state index >= 15 is 0 Å². The number of carbonyl (C=O) groups is 2. The molecule has 1 aliphatic carbocycles. The van der Waals surface area contributed by atoms with Crippen molar-refractivity contribution < 1.29 is 24.2 Å². The third-order valence-corrected chi connectivity index (χ3v) is 6.02. The number of ether oxygens (including phenoxy) is 2. The SMILES string of the molecule is CCOC[C@@]1(C(=O)O)NCCC1C(=O)OCC1c2ccccc2-c2ccccc21. The Morgan fingerprint density at radius 1 is 1.10 bits per heavy atom. The van der Waals surface area contributed by atoms with E-state index < -0.39 is 23.4 Å². The number of carboxylic acid groups (broad SMARTS) is 1. The average molecular weight is 395 g/mol. The quantitative estimate of drug-likeness (QED) is 0.702. The first-order valence-corrected chi connectivity index (χ1v) is 9.99. The first-order valence-electron chi connectivity index (χ1n) is 9.99. The van der Waals surface area contributed by atoms with Gasteiger partial charge in [-0.3, -0.25) is 14.9 Å². The van der Waals surface area contributed by atoms with Crippen LogP contribution in [0.2, 0.25) is 0 Å². The third kappa shape index (κ3) is 3.32. The number of hydrogen-bond donors (Lipinski definition) is 2. The molecule has 6 heteroatoms. The first kappa shape index (κ1) is 19.6. The fraction of sp³-hybridized carbons (Fsp3) is 0.391. The Bertz CT molecular complexity index is 881. The molecule has 152 valence electrons. The van der Waals surface area contributed by atoms with E-state index in [1.165, 1.54) is 0 Å². The van der Waals surface area contributed by atoms with E-state index in [-0.39, 0.29) is 19.1 Å². The normalized spacial score (nSPS) is 22.9. The number of aliphatic carboxylic acids is 1. The molecule has 0 bridgehead atoms. The zero-order valence-corrected chi connectivity index (χ0v) is 16.4. The van der Waals surface area contributed by atoms with Gasteiger partial charge in [0.25, 0.3) is 0 Å². The van der Waals surface area contributed by atoms with Gasteiger partial charge in [-0.2, -0.15) is 0 Å². The molecule has 1 aliphatic heterocycles. The van der Waals surface area contributed by atoms with Gasteiger partial charge in [0.05, 0.1) is 12.5 Å². The van der Waals surface area contributed by atoms with Crippen molar-refractivity contribution in [2.45, 2.75) is 24.8 Å². The highest BCUT2D eigenvalue weighted by molar-refractivity contribution is 5.89. The van der Waals surface area contributed by atoms with Gasteiger partial charge < -0.3 is 14.6 Å². The summed E-state index contributed by atoms with van der Waals surface area (Å²) >= 11 is 0. The number of fused-ring (bicyclic) bond motifs is 3. The molecular weight excluding hydrogens is 370 g/mol. The molecule has 2 atom stereocenters. The van der Waals surface area contributed by atoms with Gasteiger partial charge in [0.2, 0.25) is 0 Å². The minimum Gasteiger partial charge on any atom is -0.480 e. The first-order chi connectivity index (χ1) is 14.1. The zero-order chi connectivity index (χ0) is 20.4. The summed E-state index contributed by atoms with van der Waals surface area (Å²) in [5.41, 5.74) is 3.14. The lowest BCUT2D eigenvalue weighted by Gasteiger charge is -2.30. The van der Waals surface area contributed by atoms with Crippen molar-refractivity contribution in [1.82, 2.24) is 5.32 Å². The second-order valence-corrected chi connectivity index (χ2v) is 7.54. The Morgan fingerprint density at radius 3 is 2.31 bits per heavy atom. The lowest BCUT2D eigenvalue weighted by molar-refractivity contribution is -0.161. The fourth-order valence-electron chi connectivity index (χ4n) is 4.53. The largest absolute Gasteiger partial charge is 0.480 e. The van der Waals surface area contributed by atoms with Crippen molar-refractivity contribution >= 4 is 11.9 Å². The summed E-state index contributed by atoms with van der Waals surface area (Å²) in [6, 6.07) is 16.2. The summed E-state index contributed by atoms with van der Waals surface area (Å²) in [6.45, 7) is 2.75. The highest BCUT2D eigenvalue weighted by Gasteiger charge is 2.54. The molecule has 6 nitrogen and oxygen atoms in total. The summed E-state index contributed by atoms with van der Waals surface area (Å²) in [4.78, 5) is 24.9. The molecular formula is C23H25NO5. The lowest BCUT2D eigenvalue weighted by atomic mass is 9.86. The van der Waals surface area contributed by atoms with E-state index in [9.17, 15) is 14.7 Å². The Hall–Kier alpha value is -2.70. The summed E-state index contributed by atoms with van der Waals surface area (Å²) in [6.07, 6.45) is 0.413. The maximum atomic E-state index is 12.9. The van der Waals surface area contributed by atoms with E-state index in [1.54, 1.807) is 6.92 Å². The molecule has 1 unspecified atom stereocenters. The number of benzene rings is 2. The van der Waals surface area contributed by atoms with Gasteiger partial charge in [-0.1, -0.05) is 48.5 Å². The van der Waals surface area contributed by atoms with Crippen LogP contribution >= 0.6 is 0 Å². The van der Waals surface area contributed by atoms with E-state index in [0.29, 0.717) is 19.6 Å². The minimum atomic E-state index is -1.43. The van der Waals surface area contributed by atoms with Gasteiger partial charge >= 0.3 is 11.9 Å². The summed E-state index contributed by atoms with van der Waals surface area (Å²) in [5.74, 6) is -2.40. The van der Waals surface area contributed by atoms with Crippen molar-refractivity contribution in [3.63, 3.8) is 0 Å². The Morgan fingerprint density at radius 2 is 1.72 bits per heavy atom. The molecule has 2 aliphatic rings. The molecule has 2 N–H and O–H groups in total. The van der Waals surface area contributed by atoms with Crippen LogP contribution in [-0.2, 0) is 19.1 Å². The average Bonchev–Trinajstić information content (AvgIpc) is 3.31. The summed E-state index contributed by atoms with van der Waals surface area (Å²) < 4.78 is 11.1. The smallest absolute Gasteiger partial charge is 0.327 e. The van der Waals surface area contributed by atoms with Crippen LogP contribution in [0.3, 0.4) is 0 Å². The monoisotopic (exact) mass is 395 g/mol. The number of carboxylic acids is 1. The second-order valence-electron chi connectivity index (χ2n) is 7.54. The molecule has 1 fully saturated rings. The second kappa shape index (κ2) is 7.97. The van der Waals surface area contributed by atoms with Crippen molar-refractivity contribution in [3.8, 4) is 11.1 Å². The maximum Gasteiger partial charge on any atom is 0.327 e. The van der Waals surface area contributed by atoms with E-state index in [2.05, 4.69) is 29.6 Å². The molecule has 1 saturated heterocycles. The molecule has 0 radical (unpaired) electrons. The number of rotatable bonds is 7. The van der Waals surface area contributed by atoms with Crippen LogP contribution in [-0.4, -0.2) is 48.9 Å². The molecule has 0 spiro atoms. The van der Waals surface area contributed by atoms with Crippen LogP contribution in [0.1, 0.15) is 30.4 Å². The maximum absolute atomic E-state index is 12.9. The lowest BCUT2D eigenvalue weighted by Crippen LogP contribution is -2.58. The third-order valence-electron chi connectivity index (χ3n) is 6.02. The van der Waals surface area contributed by atoms with Gasteiger partial charge in [0.15, 0.2) is 5.54 Å². The van der Waals surface area contributed by atoms with E-state index in [1.807, 2.05) is 24.3 Å². The molecule has 2 aromatic carbocycles. The predicted octanol–water partition coefficient (Wildman–Crippen LogP) is 2.81. The summed E-state index contributed by atoms with van der Waals surface area (Å²) in [7, 11) is 0. The number of nitrogens with one attached hydrogen (secondary N) is 1. The minimum absolute atomic E-state index is 0.0492. The zero-order valence-electron chi connectivity index (χ0n) is 16.4. The van der Waals surface area contributed by atoms with Crippen molar-refractivity contribution in [1.29, 1.82) is 0 Å². The van der Waals surface area contributed by atoms with Crippen LogP contribution in [0.15, 0.2) is 48.5 Å². The van der Waals surface area contributed by atoms with Gasteiger partial charge in [-0.05, 0) is 42.1 Å². The topological polar surface area (TPSA) is 84.9 Å². The van der Waals surface area contributed by atoms with Crippen molar-refractivity contribution in [3.05, 3.63) is 59.7 Å². The molecule has 4 rings (SSSR count). The fourth-order valence-corrected chi connectivity index (χ4v) is 4.53. The Kier molecular flexibility index (Phi) is 5.39. The van der Waals surface area contributed by atoms with Crippen LogP contribution in [0, 0.1) is 5.92 Å². The summed E-state index contributed by atoms with van der Waals surface area (Å²) in [5, 5.41) is 12.8. The number of esters is 1. The molecule has 0 aromatic heterocycles. The highest BCUT2D eigenvalue weighted by Crippen LogP contribution is 2.44. The van der Waals surface area contributed by atoms with Crippen molar-refractivity contribution in [2.24, 2.45) is 5.92 Å². The number of carbonyl (C=O) groups excluding carboxylic acids is 1. The van der Waals surface area contributed by atoms with Gasteiger partial charge in [0.1, 0.15) is 6.61 Å². The van der Waals surface area contributed by atoms with Crippen LogP contribution < -0.4 is 5.32 Å². The van der Waals surface area contributed by atoms with Gasteiger partial charge in [-0.25, -0.2) is 0 Å². The Balaban J connectivity index is 1.53. The van der Waals surface area contributed by atoms with Crippen LogP contribution in [0.4, 0.5) is 0 Å². The van der Waals surface area contributed by atoms with Crippen LogP contribution in [0.5, 0.6) is 0 Å². The van der Waals surface area contributed by atoms with Crippen LogP contribution in [0.25, 0.3) is 11.1 Å². The molecule has 2 aromatic rings. The van der Waals surface area contributed by atoms with E-state index in [4.69, 9.17) is 9.47 Å². The standard InChI is InChI=1S/C23H25NO5/c1-2-28-14-23(22(26)27)20(11-12-24-23)21(25)29-13-19-17-9-5-3-7-15(17)16-8-4-6-10-18(16)19/h3-10,19-20,24H,2,11-14H2,1H3,(H,26,27)/t20?,23-/m1/s1. The van der Waals surface area contributed by atoms with Gasteiger partial charge in [-0.15, -0.1) is 0 Å². The highest BCUT2D eigenvalue weighted by atomic mass is 16.5. The molecule has 0 saturated carbocycles. The Labute approximate surface area is 169 Å². The molecule has 0 amide bonds. The predicted molar refractivity (Wildman–Crippen MR) is 108 cm³/mol. The van der Waals surface area contributed by atoms with Gasteiger partial charge in [0, 0.05) is 12.5 Å². The molecule has 1 heterocycles.